The fourth-order valence-corrected chi connectivity index (χ4v) is 7.36. The molecule has 6 rings (SSSR count). The number of fused-ring (bicyclic) bond motifs is 1. The van der Waals surface area contributed by atoms with Gasteiger partial charge in [-0.15, -0.1) is 11.3 Å². The summed E-state index contributed by atoms with van der Waals surface area (Å²) in [5.41, 5.74) is 1.01. The Balaban J connectivity index is 1.52. The number of oxazole rings is 1. The summed E-state index contributed by atoms with van der Waals surface area (Å²) in [6.07, 6.45) is 6.13. The molecule has 212 valence electrons. The predicted octanol–water partition coefficient (Wildman–Crippen LogP) is 4.27. The molecule has 0 spiro atoms. The van der Waals surface area contributed by atoms with E-state index in [9.17, 15) is 9.59 Å². The van der Waals surface area contributed by atoms with E-state index in [1.807, 2.05) is 37.4 Å². The quantitative estimate of drug-likeness (QED) is 0.267. The summed E-state index contributed by atoms with van der Waals surface area (Å²) in [5.74, 6) is 1.12. The minimum atomic E-state index is -0.484. The van der Waals surface area contributed by atoms with Crippen LogP contribution in [0, 0.1) is 6.92 Å². The van der Waals surface area contributed by atoms with Gasteiger partial charge in [0.05, 0.1) is 42.3 Å². The Morgan fingerprint density at radius 2 is 1.98 bits per heavy atom. The summed E-state index contributed by atoms with van der Waals surface area (Å²) in [6, 6.07) is 7.53. The van der Waals surface area contributed by atoms with E-state index in [4.69, 9.17) is 18.6 Å². The van der Waals surface area contributed by atoms with Crippen molar-refractivity contribution in [1.29, 1.82) is 0 Å². The fraction of sp³-hybridized carbons (Fsp3) is 0.464. The molecule has 0 saturated carbocycles. The van der Waals surface area contributed by atoms with Crippen molar-refractivity contribution in [2.45, 2.75) is 44.6 Å². The standard InChI is InChI=1S/C28H32N4O6S2/c1-17-23-26(33)32(18-14-30(15-18)39-3)28(34)31(27(23)40-24(17)25-29-10-13-37-25)16-22(38-19-8-11-36-12-9-19)20-6-4-5-7-21(20)35-2/h4-7,10,13,18-19,22H,8-9,11-12,14-16H2,1-3H3. The number of nitrogens with zero attached hydrogens (tertiary/aromatic N) is 4. The Hall–Kier alpha value is -2.90. The number of aromatic nitrogens is 3. The van der Waals surface area contributed by atoms with Crippen molar-refractivity contribution in [3.63, 3.8) is 0 Å². The highest BCUT2D eigenvalue weighted by atomic mass is 32.2. The van der Waals surface area contributed by atoms with E-state index in [2.05, 4.69) is 9.29 Å². The number of benzene rings is 1. The highest BCUT2D eigenvalue weighted by molar-refractivity contribution is 7.96. The third kappa shape index (κ3) is 4.92. The second-order valence-corrected chi connectivity index (χ2v) is 11.9. The number of hydrogen-bond donors (Lipinski definition) is 0. The molecular formula is C28H32N4O6S2. The number of ether oxygens (including phenoxy) is 3. The molecule has 3 aromatic heterocycles. The minimum absolute atomic E-state index is 0.0181. The van der Waals surface area contributed by atoms with Crippen molar-refractivity contribution in [2.24, 2.45) is 0 Å². The molecule has 0 bridgehead atoms. The van der Waals surface area contributed by atoms with Crippen LogP contribution in [0.3, 0.4) is 0 Å². The fourth-order valence-electron chi connectivity index (χ4n) is 5.47. The zero-order valence-electron chi connectivity index (χ0n) is 22.7. The highest BCUT2D eigenvalue weighted by Gasteiger charge is 2.34. The molecule has 0 radical (unpaired) electrons. The largest absolute Gasteiger partial charge is 0.496 e. The maximum absolute atomic E-state index is 14.2. The first kappa shape index (κ1) is 27.3. The molecule has 5 heterocycles. The van der Waals surface area contributed by atoms with E-state index in [0.717, 1.165) is 28.8 Å². The van der Waals surface area contributed by atoms with Crippen molar-refractivity contribution in [3.8, 4) is 16.5 Å². The molecule has 1 aromatic carbocycles. The van der Waals surface area contributed by atoms with Crippen LogP contribution in [0.5, 0.6) is 5.75 Å². The zero-order chi connectivity index (χ0) is 27.8. The number of aryl methyl sites for hydroxylation is 1. The summed E-state index contributed by atoms with van der Waals surface area (Å²) in [5, 5.41) is 0.519. The highest BCUT2D eigenvalue weighted by Crippen LogP contribution is 2.38. The van der Waals surface area contributed by atoms with Crippen LogP contribution in [-0.4, -0.2) is 64.2 Å². The van der Waals surface area contributed by atoms with E-state index >= 15 is 0 Å². The second-order valence-electron chi connectivity index (χ2n) is 10.0. The van der Waals surface area contributed by atoms with Crippen LogP contribution in [0.1, 0.15) is 36.1 Å². The molecule has 2 aliphatic heterocycles. The first-order valence-electron chi connectivity index (χ1n) is 13.3. The average Bonchev–Trinajstić information content (AvgIpc) is 3.60. The van der Waals surface area contributed by atoms with E-state index in [1.54, 1.807) is 29.8 Å². The van der Waals surface area contributed by atoms with Gasteiger partial charge in [-0.1, -0.05) is 30.1 Å². The minimum Gasteiger partial charge on any atom is -0.496 e. The van der Waals surface area contributed by atoms with Gasteiger partial charge >= 0.3 is 5.69 Å². The van der Waals surface area contributed by atoms with Crippen molar-refractivity contribution in [2.75, 3.05) is 39.7 Å². The molecule has 1 unspecified atom stereocenters. The SMILES string of the molecule is COc1ccccc1C(Cn1c(=O)n(C2CN(SC)C2)c(=O)c2c(C)c(-c3ncco3)sc21)OC1CCOCC1. The normalized spacial score (nSPS) is 17.8. The molecule has 0 amide bonds. The van der Waals surface area contributed by atoms with Crippen LogP contribution in [0.15, 0.2) is 50.7 Å². The summed E-state index contributed by atoms with van der Waals surface area (Å²) >= 11 is 2.97. The Labute approximate surface area is 239 Å². The number of thiophene rings is 1. The molecule has 0 aliphatic carbocycles. The number of rotatable bonds is 9. The molecular weight excluding hydrogens is 552 g/mol. The Morgan fingerprint density at radius 3 is 2.67 bits per heavy atom. The summed E-state index contributed by atoms with van der Waals surface area (Å²) in [4.78, 5) is 33.8. The van der Waals surface area contributed by atoms with Gasteiger partial charge in [-0.3, -0.25) is 13.9 Å². The Morgan fingerprint density at radius 1 is 1.20 bits per heavy atom. The van der Waals surface area contributed by atoms with Crippen LogP contribution in [0.4, 0.5) is 0 Å². The van der Waals surface area contributed by atoms with E-state index in [1.165, 1.54) is 22.2 Å². The van der Waals surface area contributed by atoms with Crippen LogP contribution >= 0.6 is 23.3 Å². The average molecular weight is 585 g/mol. The lowest BCUT2D eigenvalue weighted by Crippen LogP contribution is -2.53. The third-order valence-corrected chi connectivity index (χ3v) is 9.80. The number of methoxy groups -OCH3 is 1. The van der Waals surface area contributed by atoms with Crippen LogP contribution in [0.2, 0.25) is 0 Å². The zero-order valence-corrected chi connectivity index (χ0v) is 24.3. The lowest BCUT2D eigenvalue weighted by molar-refractivity contribution is -0.0753. The number of hydrogen-bond acceptors (Lipinski definition) is 10. The van der Waals surface area contributed by atoms with Gasteiger partial charge in [-0.2, -0.15) is 0 Å². The van der Waals surface area contributed by atoms with Gasteiger partial charge in [-0.05, 0) is 37.7 Å². The maximum Gasteiger partial charge on any atom is 0.332 e. The van der Waals surface area contributed by atoms with Crippen LogP contribution in [-0.2, 0) is 16.0 Å². The lowest BCUT2D eigenvalue weighted by atomic mass is 10.1. The summed E-state index contributed by atoms with van der Waals surface area (Å²) < 4.78 is 28.8. The molecule has 0 N–H and O–H groups in total. The monoisotopic (exact) mass is 584 g/mol. The van der Waals surface area contributed by atoms with Gasteiger partial charge in [0.15, 0.2) is 0 Å². The van der Waals surface area contributed by atoms with Crippen molar-refractivity contribution < 1.29 is 18.6 Å². The van der Waals surface area contributed by atoms with Gasteiger partial charge in [0, 0.05) is 31.9 Å². The molecule has 2 saturated heterocycles. The van der Waals surface area contributed by atoms with E-state index < -0.39 is 6.10 Å². The first-order chi connectivity index (χ1) is 19.5. The molecule has 2 aliphatic rings. The van der Waals surface area contributed by atoms with Crippen molar-refractivity contribution in [1.82, 2.24) is 18.4 Å². The second kappa shape index (κ2) is 11.5. The van der Waals surface area contributed by atoms with Gasteiger partial charge < -0.3 is 18.6 Å². The Bertz CT molecular complexity index is 1600. The summed E-state index contributed by atoms with van der Waals surface area (Å²) in [6.45, 7) is 4.64. The van der Waals surface area contributed by atoms with E-state index in [0.29, 0.717) is 48.2 Å². The van der Waals surface area contributed by atoms with Gasteiger partial charge in [0.25, 0.3) is 5.56 Å². The van der Waals surface area contributed by atoms with Crippen molar-refractivity contribution in [3.05, 3.63) is 68.7 Å². The van der Waals surface area contributed by atoms with Gasteiger partial charge in [0.1, 0.15) is 22.9 Å². The molecule has 1 atom stereocenters. The van der Waals surface area contributed by atoms with Crippen LogP contribution < -0.4 is 16.0 Å². The predicted molar refractivity (Wildman–Crippen MR) is 155 cm³/mol. The van der Waals surface area contributed by atoms with Gasteiger partial charge in [-0.25, -0.2) is 14.1 Å². The number of para-hydroxylation sites is 1. The molecule has 2 fully saturated rings. The van der Waals surface area contributed by atoms with Gasteiger partial charge in [0.2, 0.25) is 5.89 Å². The van der Waals surface area contributed by atoms with E-state index in [-0.39, 0.29) is 29.9 Å². The molecule has 12 heteroatoms. The third-order valence-electron chi connectivity index (χ3n) is 7.68. The maximum atomic E-state index is 14.2. The van der Waals surface area contributed by atoms with Crippen molar-refractivity contribution >= 4 is 33.5 Å². The topological polar surface area (TPSA) is 101 Å². The first-order valence-corrected chi connectivity index (χ1v) is 15.3. The smallest absolute Gasteiger partial charge is 0.332 e. The lowest BCUT2D eigenvalue weighted by Gasteiger charge is -2.38. The molecule has 4 aromatic rings. The summed E-state index contributed by atoms with van der Waals surface area (Å²) in [7, 11) is 1.63. The molecule has 40 heavy (non-hydrogen) atoms. The Kier molecular flexibility index (Phi) is 7.87. The van der Waals surface area contributed by atoms with Crippen LogP contribution in [0.25, 0.3) is 21.0 Å². The molecule has 10 nitrogen and oxygen atoms in total.